The van der Waals surface area contributed by atoms with Gasteiger partial charge in [0, 0.05) is 5.69 Å². The third-order valence-corrected chi connectivity index (χ3v) is 3.11. The third kappa shape index (κ3) is 1.48. The molecule has 2 rings (SSSR count). The van der Waals surface area contributed by atoms with Crippen LogP contribution in [0.25, 0.3) is 0 Å². The molecule has 0 bridgehead atoms. The van der Waals surface area contributed by atoms with Crippen molar-refractivity contribution in [3.05, 3.63) is 28.0 Å². The van der Waals surface area contributed by atoms with Crippen molar-refractivity contribution in [3.8, 4) is 6.07 Å². The van der Waals surface area contributed by atoms with E-state index in [0.29, 0.717) is 10.2 Å². The van der Waals surface area contributed by atoms with Crippen molar-refractivity contribution in [1.82, 2.24) is 4.98 Å². The van der Waals surface area contributed by atoms with Gasteiger partial charge in [0.15, 0.2) is 0 Å². The Bertz CT molecular complexity index is 440. The molecular weight excluding hydrogens is 204 g/mol. The topological polar surface area (TPSA) is 39.6 Å². The van der Waals surface area contributed by atoms with Gasteiger partial charge < -0.3 is 4.98 Å². The average molecular weight is 211 g/mol. The fraction of sp³-hybridized carbons (Fsp3) is 0.333. The Labute approximate surface area is 86.2 Å². The number of alkyl halides is 1. The van der Waals surface area contributed by atoms with Gasteiger partial charge in [-0.15, -0.1) is 11.6 Å². The summed E-state index contributed by atoms with van der Waals surface area (Å²) in [4.78, 5) is 2.76. The molecule has 1 N–H and O–H groups in total. The number of aromatic amines is 1. The molecule has 1 heterocycles. The van der Waals surface area contributed by atoms with E-state index in [1.807, 2.05) is 12.1 Å². The minimum absolute atomic E-state index is 0.235. The molecule has 0 saturated heterocycles. The van der Waals surface area contributed by atoms with Crippen molar-refractivity contribution in [2.45, 2.75) is 17.7 Å². The number of rotatable bonds is 1. The Morgan fingerprint density at radius 1 is 1.54 bits per heavy atom. The van der Waals surface area contributed by atoms with Gasteiger partial charge in [0.05, 0.1) is 10.4 Å². The van der Waals surface area contributed by atoms with Gasteiger partial charge in [0.25, 0.3) is 0 Å². The highest BCUT2D eigenvalue weighted by molar-refractivity contribution is 7.71. The standard InChI is InChI=1S/C9H7ClN2S/c10-9(3-4-9)7-2-1-6(5-11)8(13)12-7/h1-2H,3-4H2,(H,12,13). The van der Waals surface area contributed by atoms with Crippen LogP contribution in [-0.4, -0.2) is 4.98 Å². The Balaban J connectivity index is 2.49. The molecule has 0 radical (unpaired) electrons. The van der Waals surface area contributed by atoms with Crippen LogP contribution in [0.3, 0.4) is 0 Å². The van der Waals surface area contributed by atoms with Gasteiger partial charge in [-0.1, -0.05) is 12.2 Å². The van der Waals surface area contributed by atoms with Gasteiger partial charge in [0.2, 0.25) is 0 Å². The summed E-state index contributed by atoms with van der Waals surface area (Å²) < 4.78 is 0.479. The maximum Gasteiger partial charge on any atom is 0.121 e. The van der Waals surface area contributed by atoms with Crippen molar-refractivity contribution < 1.29 is 0 Å². The molecule has 0 aromatic carbocycles. The second kappa shape index (κ2) is 2.83. The molecule has 0 aliphatic heterocycles. The lowest BCUT2D eigenvalue weighted by Gasteiger charge is -2.05. The normalized spacial score (nSPS) is 17.8. The first kappa shape index (κ1) is 8.74. The minimum atomic E-state index is -0.235. The zero-order valence-electron chi connectivity index (χ0n) is 6.80. The first-order chi connectivity index (χ1) is 6.15. The van der Waals surface area contributed by atoms with Crippen molar-refractivity contribution in [1.29, 1.82) is 5.26 Å². The molecule has 0 amide bonds. The molecule has 13 heavy (non-hydrogen) atoms. The molecule has 1 aromatic heterocycles. The Hall–Kier alpha value is -0.850. The average Bonchev–Trinajstić information content (AvgIpc) is 2.85. The SMILES string of the molecule is N#Cc1ccc(C2(Cl)CC2)[nH]c1=S. The first-order valence-corrected chi connectivity index (χ1v) is 4.77. The maximum absolute atomic E-state index is 8.66. The van der Waals surface area contributed by atoms with Crippen LogP contribution in [0.4, 0.5) is 0 Å². The number of halogens is 1. The lowest BCUT2D eigenvalue weighted by Crippen LogP contribution is -2.00. The Kier molecular flexibility index (Phi) is 1.90. The van der Waals surface area contributed by atoms with Crippen LogP contribution in [0.1, 0.15) is 24.1 Å². The number of hydrogen-bond donors (Lipinski definition) is 1. The van der Waals surface area contributed by atoms with E-state index in [1.54, 1.807) is 6.07 Å². The predicted molar refractivity (Wildman–Crippen MR) is 53.1 cm³/mol. The van der Waals surface area contributed by atoms with Crippen LogP contribution >= 0.6 is 23.8 Å². The number of pyridine rings is 1. The first-order valence-electron chi connectivity index (χ1n) is 3.98. The molecule has 1 saturated carbocycles. The van der Waals surface area contributed by atoms with E-state index in [0.717, 1.165) is 18.5 Å². The van der Waals surface area contributed by atoms with E-state index < -0.39 is 0 Å². The quantitative estimate of drug-likeness (QED) is 0.572. The van der Waals surface area contributed by atoms with Crippen molar-refractivity contribution >= 4 is 23.8 Å². The minimum Gasteiger partial charge on any atom is -0.347 e. The molecule has 1 fully saturated rings. The Morgan fingerprint density at radius 2 is 2.23 bits per heavy atom. The maximum atomic E-state index is 8.66. The number of nitriles is 1. The number of nitrogens with one attached hydrogen (secondary N) is 1. The highest BCUT2D eigenvalue weighted by Gasteiger charge is 2.43. The summed E-state index contributed by atoms with van der Waals surface area (Å²) in [5, 5.41) is 8.66. The fourth-order valence-corrected chi connectivity index (χ4v) is 1.63. The second-order valence-electron chi connectivity index (χ2n) is 3.19. The number of hydrogen-bond acceptors (Lipinski definition) is 2. The molecule has 0 spiro atoms. The van der Waals surface area contributed by atoms with Crippen LogP contribution < -0.4 is 0 Å². The molecule has 4 heteroatoms. The molecule has 0 atom stereocenters. The molecule has 1 aliphatic rings. The van der Waals surface area contributed by atoms with Gasteiger partial charge in [-0.05, 0) is 25.0 Å². The summed E-state index contributed by atoms with van der Waals surface area (Å²) in [5.41, 5.74) is 1.43. The van der Waals surface area contributed by atoms with E-state index in [4.69, 9.17) is 29.1 Å². The van der Waals surface area contributed by atoms with Crippen LogP contribution in [0, 0.1) is 16.0 Å². The van der Waals surface area contributed by atoms with Gasteiger partial charge in [-0.25, -0.2) is 0 Å². The molecule has 66 valence electrons. The van der Waals surface area contributed by atoms with Crippen molar-refractivity contribution in [2.24, 2.45) is 0 Å². The van der Waals surface area contributed by atoms with Crippen molar-refractivity contribution in [2.75, 3.05) is 0 Å². The molecule has 2 nitrogen and oxygen atoms in total. The highest BCUT2D eigenvalue weighted by atomic mass is 35.5. The smallest absolute Gasteiger partial charge is 0.121 e. The van der Waals surface area contributed by atoms with E-state index >= 15 is 0 Å². The summed E-state index contributed by atoms with van der Waals surface area (Å²) in [6.45, 7) is 0. The van der Waals surface area contributed by atoms with E-state index in [1.165, 1.54) is 0 Å². The van der Waals surface area contributed by atoms with E-state index in [9.17, 15) is 0 Å². The summed E-state index contributed by atoms with van der Waals surface area (Å²) in [6, 6.07) is 5.58. The molecular formula is C9H7ClN2S. The Morgan fingerprint density at radius 3 is 2.69 bits per heavy atom. The number of aromatic nitrogens is 1. The lowest BCUT2D eigenvalue weighted by molar-refractivity contribution is 0.930. The number of H-pyrrole nitrogens is 1. The van der Waals surface area contributed by atoms with Gasteiger partial charge in [0.1, 0.15) is 10.7 Å². The van der Waals surface area contributed by atoms with Crippen LogP contribution in [0.5, 0.6) is 0 Å². The van der Waals surface area contributed by atoms with Crippen molar-refractivity contribution in [3.63, 3.8) is 0 Å². The fourth-order valence-electron chi connectivity index (χ4n) is 1.20. The van der Waals surface area contributed by atoms with Gasteiger partial charge in [-0.2, -0.15) is 5.26 Å². The second-order valence-corrected chi connectivity index (χ2v) is 4.32. The zero-order chi connectivity index (χ0) is 9.47. The summed E-state index contributed by atoms with van der Waals surface area (Å²) in [5.74, 6) is 0. The van der Waals surface area contributed by atoms with Crippen LogP contribution in [0.15, 0.2) is 12.1 Å². The van der Waals surface area contributed by atoms with Gasteiger partial charge >= 0.3 is 0 Å². The summed E-state index contributed by atoms with van der Waals surface area (Å²) in [7, 11) is 0. The highest BCUT2D eigenvalue weighted by Crippen LogP contribution is 2.51. The largest absolute Gasteiger partial charge is 0.347 e. The molecule has 0 unspecified atom stereocenters. The van der Waals surface area contributed by atoms with E-state index in [-0.39, 0.29) is 4.87 Å². The van der Waals surface area contributed by atoms with E-state index in [2.05, 4.69) is 4.98 Å². The monoisotopic (exact) mass is 210 g/mol. The molecule has 1 aliphatic carbocycles. The van der Waals surface area contributed by atoms with Crippen LogP contribution in [0.2, 0.25) is 0 Å². The zero-order valence-corrected chi connectivity index (χ0v) is 8.37. The molecule has 1 aromatic rings. The number of nitrogens with zero attached hydrogens (tertiary/aromatic N) is 1. The predicted octanol–water partition coefficient (Wildman–Crippen LogP) is 2.84. The lowest BCUT2D eigenvalue weighted by atomic mass is 10.2. The van der Waals surface area contributed by atoms with Crippen LogP contribution in [-0.2, 0) is 4.87 Å². The summed E-state index contributed by atoms with van der Waals surface area (Å²) in [6.07, 6.45) is 1.96. The van der Waals surface area contributed by atoms with Gasteiger partial charge in [-0.3, -0.25) is 0 Å². The third-order valence-electron chi connectivity index (χ3n) is 2.20. The summed E-state index contributed by atoms with van der Waals surface area (Å²) >= 11 is 11.2.